The van der Waals surface area contributed by atoms with Gasteiger partial charge in [-0.1, -0.05) is 179 Å². The molecule has 0 spiro atoms. The van der Waals surface area contributed by atoms with Gasteiger partial charge in [0, 0.05) is 12.8 Å². The number of phosphoric acid groups is 1. The van der Waals surface area contributed by atoms with Crippen molar-refractivity contribution in [2.45, 2.75) is 199 Å². The molecule has 0 aromatic rings. The van der Waals surface area contributed by atoms with Gasteiger partial charge >= 0.3 is 25.7 Å². The second kappa shape index (κ2) is 38.6. The summed E-state index contributed by atoms with van der Waals surface area (Å²) in [7, 11) is -4.72. The summed E-state index contributed by atoms with van der Waals surface area (Å²) >= 11 is 0. The molecule has 11 nitrogen and oxygen atoms in total. The van der Waals surface area contributed by atoms with Crippen LogP contribution in [0.15, 0.2) is 36.5 Å². The predicted octanol–water partition coefficient (Wildman–Crippen LogP) is 11.2. The molecule has 4 N–H and O–H groups in total. The summed E-state index contributed by atoms with van der Waals surface area (Å²) in [5, 5.41) is 8.88. The van der Waals surface area contributed by atoms with Crippen LogP contribution in [0.25, 0.3) is 0 Å². The Balaban J connectivity index is 4.33. The van der Waals surface area contributed by atoms with Gasteiger partial charge in [0.25, 0.3) is 0 Å². The molecule has 2 unspecified atom stereocenters. The van der Waals surface area contributed by atoms with Crippen LogP contribution in [-0.4, -0.2) is 59.9 Å². The minimum absolute atomic E-state index is 0.139. The van der Waals surface area contributed by atoms with Crippen molar-refractivity contribution in [3.8, 4) is 0 Å². The SMILES string of the molecule is CC/C=C/C=C/C=C/CCCCCCCC(=O)OC(COC(=O)CCCCCCCCCCCCCCCCCCCC)COP(=O)(O)OC[C@@H](N)C(=O)O. The Morgan fingerprint density at radius 1 is 0.582 bits per heavy atom. The molecular formula is C43H78NO10P. The van der Waals surface area contributed by atoms with E-state index in [0.717, 1.165) is 57.8 Å². The van der Waals surface area contributed by atoms with Gasteiger partial charge < -0.3 is 25.2 Å². The summed E-state index contributed by atoms with van der Waals surface area (Å²) < 4.78 is 32.6. The third-order valence-electron chi connectivity index (χ3n) is 9.21. The number of rotatable bonds is 40. The molecule has 0 aromatic heterocycles. The number of carboxylic acid groups (broad SMARTS) is 1. The number of esters is 2. The smallest absolute Gasteiger partial charge is 0.472 e. The largest absolute Gasteiger partial charge is 0.480 e. The molecule has 0 rings (SSSR count). The lowest BCUT2D eigenvalue weighted by atomic mass is 10.0. The molecule has 0 aromatic carbocycles. The van der Waals surface area contributed by atoms with Crippen LogP contribution in [0.4, 0.5) is 0 Å². The molecule has 12 heteroatoms. The van der Waals surface area contributed by atoms with E-state index in [0.29, 0.717) is 12.8 Å². The fourth-order valence-corrected chi connectivity index (χ4v) is 6.61. The topological polar surface area (TPSA) is 172 Å². The van der Waals surface area contributed by atoms with Crippen LogP contribution in [0.2, 0.25) is 0 Å². The molecule has 0 heterocycles. The quantitative estimate of drug-likeness (QED) is 0.0233. The predicted molar refractivity (Wildman–Crippen MR) is 222 cm³/mol. The third-order valence-corrected chi connectivity index (χ3v) is 10.2. The van der Waals surface area contributed by atoms with Gasteiger partial charge in [-0.05, 0) is 32.1 Å². The van der Waals surface area contributed by atoms with E-state index < -0.39 is 51.1 Å². The van der Waals surface area contributed by atoms with Gasteiger partial charge in [-0.15, -0.1) is 0 Å². The number of phosphoric ester groups is 1. The highest BCUT2D eigenvalue weighted by Crippen LogP contribution is 2.43. The van der Waals surface area contributed by atoms with Crippen molar-refractivity contribution < 1.29 is 47.5 Å². The van der Waals surface area contributed by atoms with Gasteiger partial charge in [-0.25, -0.2) is 4.57 Å². The van der Waals surface area contributed by atoms with Gasteiger partial charge in [0.15, 0.2) is 6.10 Å². The van der Waals surface area contributed by atoms with Crippen LogP contribution in [0.5, 0.6) is 0 Å². The maximum atomic E-state index is 12.6. The molecule has 320 valence electrons. The van der Waals surface area contributed by atoms with E-state index in [4.69, 9.17) is 24.8 Å². The van der Waals surface area contributed by atoms with Crippen molar-refractivity contribution in [3.63, 3.8) is 0 Å². The first-order chi connectivity index (χ1) is 26.6. The maximum Gasteiger partial charge on any atom is 0.472 e. The minimum atomic E-state index is -4.72. The Morgan fingerprint density at radius 3 is 1.51 bits per heavy atom. The zero-order chi connectivity index (χ0) is 40.7. The monoisotopic (exact) mass is 800 g/mol. The lowest BCUT2D eigenvalue weighted by Gasteiger charge is -2.20. The molecule has 0 saturated heterocycles. The summed E-state index contributed by atoms with van der Waals surface area (Å²) in [4.78, 5) is 45.9. The molecule has 0 aliphatic heterocycles. The molecule has 0 amide bonds. The third kappa shape index (κ3) is 38.4. The summed E-state index contributed by atoms with van der Waals surface area (Å²) in [6.45, 7) is 2.66. The summed E-state index contributed by atoms with van der Waals surface area (Å²) in [6.07, 6.45) is 40.7. The maximum absolute atomic E-state index is 12.6. The molecule has 0 saturated carbocycles. The zero-order valence-electron chi connectivity index (χ0n) is 34.5. The highest BCUT2D eigenvalue weighted by molar-refractivity contribution is 7.47. The second-order valence-corrected chi connectivity index (χ2v) is 16.0. The number of ether oxygens (including phenoxy) is 2. The minimum Gasteiger partial charge on any atom is -0.480 e. The molecular weight excluding hydrogens is 721 g/mol. The van der Waals surface area contributed by atoms with Crippen molar-refractivity contribution in [3.05, 3.63) is 36.5 Å². The normalized spacial score (nSPS) is 14.1. The van der Waals surface area contributed by atoms with E-state index in [9.17, 15) is 23.8 Å². The van der Waals surface area contributed by atoms with Crippen LogP contribution in [-0.2, 0) is 37.5 Å². The van der Waals surface area contributed by atoms with Gasteiger partial charge in [0.05, 0.1) is 13.2 Å². The Labute approximate surface area is 333 Å². The zero-order valence-corrected chi connectivity index (χ0v) is 35.4. The number of unbranched alkanes of at least 4 members (excludes halogenated alkanes) is 22. The molecule has 55 heavy (non-hydrogen) atoms. The van der Waals surface area contributed by atoms with E-state index in [1.54, 1.807) is 0 Å². The number of hydrogen-bond acceptors (Lipinski definition) is 9. The second-order valence-electron chi connectivity index (χ2n) is 14.5. The highest BCUT2D eigenvalue weighted by atomic mass is 31.2. The van der Waals surface area contributed by atoms with Gasteiger partial charge in [0.1, 0.15) is 12.6 Å². The Hall–Kier alpha value is -2.30. The summed E-state index contributed by atoms with van der Waals surface area (Å²) in [5.74, 6) is -2.40. The Morgan fingerprint density at radius 2 is 1.02 bits per heavy atom. The van der Waals surface area contributed by atoms with E-state index in [2.05, 4.69) is 30.5 Å². The van der Waals surface area contributed by atoms with Crippen molar-refractivity contribution in [1.29, 1.82) is 0 Å². The first kappa shape index (κ1) is 52.7. The molecule has 0 aliphatic carbocycles. The van der Waals surface area contributed by atoms with Crippen LogP contribution in [0.1, 0.15) is 187 Å². The number of allylic oxidation sites excluding steroid dienone is 6. The lowest BCUT2D eigenvalue weighted by molar-refractivity contribution is -0.161. The van der Waals surface area contributed by atoms with E-state index in [-0.39, 0.29) is 19.4 Å². The Kier molecular flexibility index (Phi) is 37.0. The average molecular weight is 800 g/mol. The highest BCUT2D eigenvalue weighted by Gasteiger charge is 2.28. The van der Waals surface area contributed by atoms with Crippen LogP contribution in [0, 0.1) is 0 Å². The van der Waals surface area contributed by atoms with Crippen molar-refractivity contribution in [2.75, 3.05) is 19.8 Å². The lowest BCUT2D eigenvalue weighted by Crippen LogP contribution is -2.34. The van der Waals surface area contributed by atoms with Gasteiger partial charge in [-0.3, -0.25) is 23.4 Å². The van der Waals surface area contributed by atoms with Gasteiger partial charge in [-0.2, -0.15) is 0 Å². The molecule has 0 aliphatic rings. The van der Waals surface area contributed by atoms with E-state index in [1.165, 1.54) is 89.9 Å². The van der Waals surface area contributed by atoms with Crippen molar-refractivity contribution in [1.82, 2.24) is 0 Å². The van der Waals surface area contributed by atoms with E-state index >= 15 is 0 Å². The fraction of sp³-hybridized carbons (Fsp3) is 0.791. The summed E-state index contributed by atoms with van der Waals surface area (Å²) in [6, 6.07) is -1.52. The van der Waals surface area contributed by atoms with Gasteiger partial charge in [0.2, 0.25) is 0 Å². The molecule has 3 atom stereocenters. The number of aliphatic carboxylic acids is 1. The van der Waals surface area contributed by atoms with Crippen molar-refractivity contribution in [2.24, 2.45) is 5.73 Å². The molecule has 0 radical (unpaired) electrons. The number of carboxylic acids is 1. The number of carbonyl (C=O) groups excluding carboxylic acids is 2. The Bertz CT molecular complexity index is 1080. The first-order valence-electron chi connectivity index (χ1n) is 21.5. The standard InChI is InChI=1S/C43H78NO10P/c1-3-5-7-9-11-13-15-17-18-19-20-21-23-24-26-28-30-32-34-41(45)51-36-39(37-52-55(49,50)53-38-40(44)43(47)48)54-42(46)35-33-31-29-27-25-22-16-14-12-10-8-6-4-2/h6,8,10,12,14,16,39-40H,3-5,7,9,11,13,15,17-38,44H2,1-2H3,(H,47,48)(H,49,50)/b8-6+,12-10+,16-14+/t39?,40-/m1/s1. The number of hydrogen-bond donors (Lipinski definition) is 3. The number of carbonyl (C=O) groups is 3. The average Bonchev–Trinajstić information content (AvgIpc) is 3.16. The number of nitrogens with two attached hydrogens (primary N) is 1. The van der Waals surface area contributed by atoms with Crippen LogP contribution in [0.3, 0.4) is 0 Å². The fourth-order valence-electron chi connectivity index (χ4n) is 5.83. The first-order valence-corrected chi connectivity index (χ1v) is 23.0. The van der Waals surface area contributed by atoms with Crippen LogP contribution >= 0.6 is 7.82 Å². The van der Waals surface area contributed by atoms with Crippen LogP contribution < -0.4 is 5.73 Å². The molecule has 0 bridgehead atoms. The molecule has 0 fully saturated rings. The summed E-state index contributed by atoms with van der Waals surface area (Å²) in [5.41, 5.74) is 5.33. The van der Waals surface area contributed by atoms with E-state index in [1.807, 2.05) is 24.3 Å². The van der Waals surface area contributed by atoms with Crippen molar-refractivity contribution >= 4 is 25.7 Å².